The fourth-order valence-electron chi connectivity index (χ4n) is 1.48. The van der Waals surface area contributed by atoms with Crippen molar-refractivity contribution >= 4 is 5.97 Å². The van der Waals surface area contributed by atoms with Crippen molar-refractivity contribution in [2.75, 3.05) is 19.8 Å². The molecule has 0 atom stereocenters. The molecule has 0 amide bonds. The third-order valence-electron chi connectivity index (χ3n) is 2.51. The van der Waals surface area contributed by atoms with E-state index in [0.29, 0.717) is 24.3 Å². The molecule has 1 aromatic carbocycles. The minimum Gasteiger partial charge on any atom is -0.460 e. The summed E-state index contributed by atoms with van der Waals surface area (Å²) in [5, 5.41) is 0. The van der Waals surface area contributed by atoms with Crippen LogP contribution in [0, 0.1) is 12.7 Å². The van der Waals surface area contributed by atoms with E-state index in [4.69, 9.17) is 9.47 Å². The van der Waals surface area contributed by atoms with Gasteiger partial charge in [-0.25, -0.2) is 9.18 Å². The normalized spacial score (nSPS) is 10.4. The van der Waals surface area contributed by atoms with E-state index in [-0.39, 0.29) is 12.4 Å². The predicted octanol–water partition coefficient (Wildman–Crippen LogP) is 3.11. The fourth-order valence-corrected chi connectivity index (χ4v) is 1.48. The van der Waals surface area contributed by atoms with Gasteiger partial charge >= 0.3 is 5.97 Å². The molecule has 0 aromatic heterocycles. The molecule has 3 nitrogen and oxygen atoms in total. The molecule has 0 spiro atoms. The van der Waals surface area contributed by atoms with E-state index in [1.807, 2.05) is 0 Å². The molecule has 0 saturated carbocycles. The summed E-state index contributed by atoms with van der Waals surface area (Å²) in [6, 6.07) is 4.00. The van der Waals surface area contributed by atoms with Gasteiger partial charge in [-0.3, -0.25) is 0 Å². The average Bonchev–Trinajstić information content (AvgIpc) is 2.33. The van der Waals surface area contributed by atoms with Crippen molar-refractivity contribution in [1.29, 1.82) is 0 Å². The van der Waals surface area contributed by atoms with Gasteiger partial charge in [0.1, 0.15) is 12.4 Å². The zero-order chi connectivity index (χ0) is 13.4. The second-order valence-electron chi connectivity index (χ2n) is 4.06. The van der Waals surface area contributed by atoms with Crippen molar-refractivity contribution in [3.63, 3.8) is 0 Å². The van der Waals surface area contributed by atoms with Crippen molar-refractivity contribution in [3.8, 4) is 0 Å². The summed E-state index contributed by atoms with van der Waals surface area (Å²) in [5.41, 5.74) is 0.969. The van der Waals surface area contributed by atoms with Gasteiger partial charge in [-0.15, -0.1) is 0 Å². The third kappa shape index (κ3) is 4.84. The minimum absolute atomic E-state index is 0.222. The maximum Gasteiger partial charge on any atom is 0.338 e. The van der Waals surface area contributed by atoms with Crippen molar-refractivity contribution in [3.05, 3.63) is 35.1 Å². The fraction of sp³-hybridized carbons (Fsp3) is 0.500. The van der Waals surface area contributed by atoms with E-state index in [2.05, 4.69) is 6.92 Å². The Bertz CT molecular complexity index is 391. The van der Waals surface area contributed by atoms with Gasteiger partial charge in [0.2, 0.25) is 0 Å². The Morgan fingerprint density at radius 3 is 2.72 bits per heavy atom. The van der Waals surface area contributed by atoms with Gasteiger partial charge in [-0.1, -0.05) is 13.3 Å². The first-order valence-corrected chi connectivity index (χ1v) is 6.16. The molecule has 0 fully saturated rings. The number of ether oxygens (including phenoxy) is 2. The Balaban J connectivity index is 2.32. The smallest absolute Gasteiger partial charge is 0.338 e. The first-order chi connectivity index (χ1) is 8.65. The lowest BCUT2D eigenvalue weighted by atomic mass is 10.1. The predicted molar refractivity (Wildman–Crippen MR) is 67.1 cm³/mol. The molecule has 0 N–H and O–H groups in total. The van der Waals surface area contributed by atoms with Crippen LogP contribution in [0.5, 0.6) is 0 Å². The second-order valence-corrected chi connectivity index (χ2v) is 4.06. The zero-order valence-corrected chi connectivity index (χ0v) is 10.9. The van der Waals surface area contributed by atoms with Gasteiger partial charge in [-0.2, -0.15) is 0 Å². The molecule has 0 aliphatic carbocycles. The van der Waals surface area contributed by atoms with Crippen molar-refractivity contribution in [1.82, 2.24) is 0 Å². The molecule has 0 saturated heterocycles. The molecule has 0 aliphatic rings. The number of esters is 1. The van der Waals surface area contributed by atoms with Crippen LogP contribution in [0.3, 0.4) is 0 Å². The number of carbonyl (C=O) groups is 1. The van der Waals surface area contributed by atoms with E-state index < -0.39 is 5.97 Å². The number of hydrogen-bond acceptors (Lipinski definition) is 3. The standard InChI is InChI=1S/C14H19FO3/c1-3-4-7-17-8-9-18-14(16)13-6-5-12(15)10-11(13)2/h5-6,10H,3-4,7-9H2,1-2H3. The molecule has 100 valence electrons. The van der Waals surface area contributed by atoms with Crippen LogP contribution in [0.15, 0.2) is 18.2 Å². The van der Waals surface area contributed by atoms with Gasteiger partial charge in [0.25, 0.3) is 0 Å². The highest BCUT2D eigenvalue weighted by molar-refractivity contribution is 5.90. The molecule has 0 radical (unpaired) electrons. The van der Waals surface area contributed by atoms with Gasteiger partial charge in [0.15, 0.2) is 0 Å². The number of benzene rings is 1. The molecule has 0 bridgehead atoms. The van der Waals surface area contributed by atoms with Crippen LogP contribution >= 0.6 is 0 Å². The zero-order valence-electron chi connectivity index (χ0n) is 10.9. The van der Waals surface area contributed by atoms with Gasteiger partial charge < -0.3 is 9.47 Å². The first kappa shape index (κ1) is 14.6. The monoisotopic (exact) mass is 254 g/mol. The Labute approximate surface area is 107 Å². The molecular weight excluding hydrogens is 235 g/mol. The summed E-state index contributed by atoms with van der Waals surface area (Å²) < 4.78 is 23.2. The lowest BCUT2D eigenvalue weighted by Gasteiger charge is -2.07. The van der Waals surface area contributed by atoms with Crippen LogP contribution in [0.1, 0.15) is 35.7 Å². The van der Waals surface area contributed by atoms with Crippen LogP contribution in [-0.2, 0) is 9.47 Å². The van der Waals surface area contributed by atoms with E-state index in [0.717, 1.165) is 12.8 Å². The maximum atomic E-state index is 12.9. The van der Waals surface area contributed by atoms with E-state index >= 15 is 0 Å². The Kier molecular flexibility index (Phi) is 6.36. The van der Waals surface area contributed by atoms with E-state index in [9.17, 15) is 9.18 Å². The Morgan fingerprint density at radius 2 is 2.06 bits per heavy atom. The van der Waals surface area contributed by atoms with E-state index in [1.54, 1.807) is 6.92 Å². The van der Waals surface area contributed by atoms with Crippen LogP contribution in [-0.4, -0.2) is 25.8 Å². The Hall–Kier alpha value is -1.42. The molecule has 18 heavy (non-hydrogen) atoms. The number of unbranched alkanes of at least 4 members (excludes halogenated alkanes) is 1. The summed E-state index contributed by atoms with van der Waals surface area (Å²) in [7, 11) is 0. The van der Waals surface area contributed by atoms with Crippen molar-refractivity contribution in [2.24, 2.45) is 0 Å². The molecule has 4 heteroatoms. The highest BCUT2D eigenvalue weighted by Gasteiger charge is 2.10. The number of rotatable bonds is 7. The van der Waals surface area contributed by atoms with Crippen LogP contribution in [0.25, 0.3) is 0 Å². The lowest BCUT2D eigenvalue weighted by molar-refractivity contribution is 0.0313. The summed E-state index contributed by atoms with van der Waals surface area (Å²) >= 11 is 0. The summed E-state index contributed by atoms with van der Waals surface area (Å²) in [6.45, 7) is 5.06. The van der Waals surface area contributed by atoms with Crippen LogP contribution in [0.2, 0.25) is 0 Å². The molecular formula is C14H19FO3. The SMILES string of the molecule is CCCCOCCOC(=O)c1ccc(F)cc1C. The molecule has 1 aromatic rings. The van der Waals surface area contributed by atoms with Gasteiger partial charge in [0.05, 0.1) is 12.2 Å². The summed E-state index contributed by atoms with van der Waals surface area (Å²) in [6.07, 6.45) is 2.08. The number of hydrogen-bond donors (Lipinski definition) is 0. The number of carbonyl (C=O) groups excluding carboxylic acids is 1. The second kappa shape index (κ2) is 7.82. The molecule has 0 aliphatic heterocycles. The highest BCUT2D eigenvalue weighted by atomic mass is 19.1. The number of aryl methyl sites for hydroxylation is 1. The van der Waals surface area contributed by atoms with Gasteiger partial charge in [-0.05, 0) is 37.1 Å². The topological polar surface area (TPSA) is 35.5 Å². The third-order valence-corrected chi connectivity index (χ3v) is 2.51. The highest BCUT2D eigenvalue weighted by Crippen LogP contribution is 2.11. The van der Waals surface area contributed by atoms with Crippen molar-refractivity contribution in [2.45, 2.75) is 26.7 Å². The number of halogens is 1. The van der Waals surface area contributed by atoms with Gasteiger partial charge in [0, 0.05) is 6.61 Å². The largest absolute Gasteiger partial charge is 0.460 e. The molecule has 0 heterocycles. The minimum atomic E-state index is -0.438. The van der Waals surface area contributed by atoms with Crippen molar-refractivity contribution < 1.29 is 18.7 Å². The lowest BCUT2D eigenvalue weighted by Crippen LogP contribution is -2.12. The van der Waals surface area contributed by atoms with Crippen LogP contribution < -0.4 is 0 Å². The Morgan fingerprint density at radius 1 is 1.28 bits per heavy atom. The molecule has 1 rings (SSSR count). The maximum absolute atomic E-state index is 12.9. The quantitative estimate of drug-likeness (QED) is 0.554. The first-order valence-electron chi connectivity index (χ1n) is 6.16. The molecule has 0 unspecified atom stereocenters. The van der Waals surface area contributed by atoms with Crippen LogP contribution in [0.4, 0.5) is 4.39 Å². The average molecular weight is 254 g/mol. The summed E-state index contributed by atoms with van der Waals surface area (Å²) in [4.78, 5) is 11.7. The van der Waals surface area contributed by atoms with E-state index in [1.165, 1.54) is 18.2 Å². The summed E-state index contributed by atoms with van der Waals surface area (Å²) in [5.74, 6) is -0.793.